The number of rotatable bonds is 5. The minimum atomic E-state index is -0.604. The third-order valence-electron chi connectivity index (χ3n) is 4.29. The van der Waals surface area contributed by atoms with Crippen LogP contribution < -0.4 is 5.32 Å². The Kier molecular flexibility index (Phi) is 4.08. The molecular formula is C15H21N5O2. The maximum Gasteiger partial charge on any atom is 0.242 e. The zero-order chi connectivity index (χ0) is 15.6. The van der Waals surface area contributed by atoms with Crippen LogP contribution in [0, 0.1) is 0 Å². The van der Waals surface area contributed by atoms with Crippen LogP contribution in [0.2, 0.25) is 0 Å². The second-order valence-corrected chi connectivity index (χ2v) is 5.63. The first-order valence-corrected chi connectivity index (χ1v) is 7.44. The van der Waals surface area contributed by atoms with E-state index >= 15 is 0 Å². The molecule has 118 valence electrons. The van der Waals surface area contributed by atoms with Crippen molar-refractivity contribution in [2.75, 3.05) is 27.3 Å². The highest BCUT2D eigenvalue weighted by molar-refractivity contribution is 5.86. The predicted molar refractivity (Wildman–Crippen MR) is 81.3 cm³/mol. The van der Waals surface area contributed by atoms with Crippen LogP contribution in [0.15, 0.2) is 24.7 Å². The summed E-state index contributed by atoms with van der Waals surface area (Å²) < 4.78 is 7.23. The molecule has 1 N–H and O–H groups in total. The molecule has 0 bridgehead atoms. The fourth-order valence-corrected chi connectivity index (χ4v) is 3.27. The molecule has 0 spiro atoms. The number of hydrogen-bond acceptors (Lipinski definition) is 5. The average molecular weight is 303 g/mol. The van der Waals surface area contributed by atoms with Crippen molar-refractivity contribution < 1.29 is 9.53 Å². The Morgan fingerprint density at radius 3 is 3.14 bits per heavy atom. The average Bonchev–Trinajstić information content (AvgIpc) is 3.11. The molecule has 1 aliphatic rings. The fraction of sp³-hybridized carbons (Fsp3) is 0.533. The van der Waals surface area contributed by atoms with Gasteiger partial charge in [0.25, 0.3) is 0 Å². The Hall–Kier alpha value is -1.99. The molecule has 3 rings (SSSR count). The summed E-state index contributed by atoms with van der Waals surface area (Å²) in [5.41, 5.74) is 0.303. The number of hydrogen-bond donors (Lipinski definition) is 1. The molecule has 2 aromatic rings. The van der Waals surface area contributed by atoms with E-state index in [0.29, 0.717) is 18.9 Å². The molecule has 0 saturated carbocycles. The summed E-state index contributed by atoms with van der Waals surface area (Å²) in [4.78, 5) is 23.3. The van der Waals surface area contributed by atoms with Crippen molar-refractivity contribution in [1.29, 1.82) is 0 Å². The van der Waals surface area contributed by atoms with E-state index < -0.39 is 5.54 Å². The summed E-state index contributed by atoms with van der Waals surface area (Å²) in [6, 6.07) is 1.87. The number of ether oxygens (including phenoxy) is 1. The summed E-state index contributed by atoms with van der Waals surface area (Å²) in [6.45, 7) is 1.86. The van der Waals surface area contributed by atoms with Gasteiger partial charge in [-0.3, -0.25) is 14.1 Å². The molecule has 0 aromatic carbocycles. The lowest BCUT2D eigenvalue weighted by molar-refractivity contribution is -0.135. The Morgan fingerprint density at radius 2 is 2.41 bits per heavy atom. The number of aromatic nitrogens is 3. The van der Waals surface area contributed by atoms with Gasteiger partial charge < -0.3 is 10.1 Å². The second kappa shape index (κ2) is 6.02. The van der Waals surface area contributed by atoms with Crippen molar-refractivity contribution in [3.8, 4) is 0 Å². The summed E-state index contributed by atoms with van der Waals surface area (Å²) in [5, 5.41) is 2.78. The van der Waals surface area contributed by atoms with E-state index in [1.807, 2.05) is 22.9 Å². The number of nitrogens with zero attached hydrogens (tertiary/aromatic N) is 4. The third kappa shape index (κ3) is 2.46. The second-order valence-electron chi connectivity index (χ2n) is 5.63. The highest BCUT2D eigenvalue weighted by Gasteiger charge is 2.47. The first-order valence-electron chi connectivity index (χ1n) is 7.44. The van der Waals surface area contributed by atoms with Gasteiger partial charge in [-0.05, 0) is 25.5 Å². The molecule has 2 aromatic heterocycles. The van der Waals surface area contributed by atoms with Crippen LogP contribution in [0.25, 0.3) is 5.78 Å². The van der Waals surface area contributed by atoms with E-state index in [-0.39, 0.29) is 5.91 Å². The van der Waals surface area contributed by atoms with Crippen LogP contribution in [0.3, 0.4) is 0 Å². The van der Waals surface area contributed by atoms with Crippen LogP contribution in [0.4, 0.5) is 0 Å². The normalized spacial score (nSPS) is 22.3. The zero-order valence-corrected chi connectivity index (χ0v) is 13.0. The van der Waals surface area contributed by atoms with Crippen molar-refractivity contribution in [2.45, 2.75) is 24.9 Å². The Bertz CT molecular complexity index is 638. The standard InChI is InChI=1S/C15H21N5O2/c1-16-13(21)15(11-22-2)5-3-8-20(15)10-12-9-19-7-4-6-17-14(19)18-12/h4,6-7,9H,3,5,8,10-11H2,1-2H3,(H,16,21). The number of fused-ring (bicyclic) bond motifs is 1. The van der Waals surface area contributed by atoms with Crippen LogP contribution >= 0.6 is 0 Å². The molecule has 1 fully saturated rings. The number of imidazole rings is 1. The van der Waals surface area contributed by atoms with E-state index in [1.165, 1.54) is 0 Å². The number of carbonyl (C=O) groups is 1. The lowest BCUT2D eigenvalue weighted by Gasteiger charge is -2.35. The van der Waals surface area contributed by atoms with E-state index in [0.717, 1.165) is 25.1 Å². The van der Waals surface area contributed by atoms with Gasteiger partial charge in [0.15, 0.2) is 0 Å². The summed E-state index contributed by atoms with van der Waals surface area (Å²) >= 11 is 0. The quantitative estimate of drug-likeness (QED) is 0.868. The van der Waals surface area contributed by atoms with Gasteiger partial charge in [-0.2, -0.15) is 0 Å². The highest BCUT2D eigenvalue weighted by Crippen LogP contribution is 2.31. The van der Waals surface area contributed by atoms with Crippen LogP contribution in [0.5, 0.6) is 0 Å². The molecule has 1 atom stereocenters. The van der Waals surface area contributed by atoms with E-state index in [1.54, 1.807) is 20.4 Å². The van der Waals surface area contributed by atoms with E-state index in [9.17, 15) is 4.79 Å². The number of methoxy groups -OCH3 is 1. The largest absolute Gasteiger partial charge is 0.382 e. The number of amides is 1. The maximum atomic E-state index is 12.4. The molecule has 1 saturated heterocycles. The molecule has 1 unspecified atom stereocenters. The van der Waals surface area contributed by atoms with Crippen molar-refractivity contribution in [1.82, 2.24) is 24.6 Å². The molecule has 7 nitrogen and oxygen atoms in total. The van der Waals surface area contributed by atoms with Gasteiger partial charge in [-0.25, -0.2) is 9.97 Å². The Morgan fingerprint density at radius 1 is 1.55 bits per heavy atom. The van der Waals surface area contributed by atoms with E-state index in [2.05, 4.69) is 20.2 Å². The minimum absolute atomic E-state index is 0.00809. The molecule has 7 heteroatoms. The highest BCUT2D eigenvalue weighted by atomic mass is 16.5. The lowest BCUT2D eigenvalue weighted by atomic mass is 9.95. The monoisotopic (exact) mass is 303 g/mol. The summed E-state index contributed by atoms with van der Waals surface area (Å²) in [7, 11) is 3.31. The van der Waals surface area contributed by atoms with Gasteiger partial charge in [0, 0.05) is 39.3 Å². The number of carbonyl (C=O) groups excluding carboxylic acids is 1. The molecule has 0 aliphatic carbocycles. The van der Waals surface area contributed by atoms with Crippen LogP contribution in [0.1, 0.15) is 18.5 Å². The molecule has 1 amide bonds. The van der Waals surface area contributed by atoms with Gasteiger partial charge in [0.2, 0.25) is 11.7 Å². The zero-order valence-electron chi connectivity index (χ0n) is 13.0. The van der Waals surface area contributed by atoms with Gasteiger partial charge in [-0.15, -0.1) is 0 Å². The molecule has 0 radical (unpaired) electrons. The fourth-order valence-electron chi connectivity index (χ4n) is 3.27. The van der Waals surface area contributed by atoms with Crippen LogP contribution in [-0.2, 0) is 16.1 Å². The van der Waals surface area contributed by atoms with Crippen molar-refractivity contribution in [2.24, 2.45) is 0 Å². The van der Waals surface area contributed by atoms with Crippen LogP contribution in [-0.4, -0.2) is 58.0 Å². The first kappa shape index (κ1) is 14.9. The summed E-state index contributed by atoms with van der Waals surface area (Å²) in [6.07, 6.45) is 7.38. The Balaban J connectivity index is 1.87. The summed E-state index contributed by atoms with van der Waals surface area (Å²) in [5.74, 6) is 0.683. The van der Waals surface area contributed by atoms with E-state index in [4.69, 9.17) is 4.74 Å². The lowest BCUT2D eigenvalue weighted by Crippen LogP contribution is -2.57. The van der Waals surface area contributed by atoms with Gasteiger partial charge in [0.1, 0.15) is 5.54 Å². The van der Waals surface area contributed by atoms with Crippen molar-refractivity contribution in [3.05, 3.63) is 30.4 Å². The molecular weight excluding hydrogens is 282 g/mol. The minimum Gasteiger partial charge on any atom is -0.382 e. The first-order chi connectivity index (χ1) is 10.7. The topological polar surface area (TPSA) is 71.8 Å². The maximum absolute atomic E-state index is 12.4. The molecule has 22 heavy (non-hydrogen) atoms. The Labute approximate surface area is 129 Å². The molecule has 3 heterocycles. The van der Waals surface area contributed by atoms with Gasteiger partial charge >= 0.3 is 0 Å². The SMILES string of the molecule is CNC(=O)C1(COC)CCCN1Cc1cn2cccnc2n1. The number of nitrogens with one attached hydrogen (secondary N) is 1. The number of likely N-dealkylation sites (N-methyl/N-ethyl adjacent to an activating group) is 1. The number of likely N-dealkylation sites (tertiary alicyclic amines) is 1. The van der Waals surface area contributed by atoms with Crippen molar-refractivity contribution in [3.63, 3.8) is 0 Å². The third-order valence-corrected chi connectivity index (χ3v) is 4.29. The molecule has 1 aliphatic heterocycles. The van der Waals surface area contributed by atoms with Gasteiger partial charge in [-0.1, -0.05) is 0 Å². The predicted octanol–water partition coefficient (Wildman–Crippen LogP) is 0.456. The van der Waals surface area contributed by atoms with Gasteiger partial charge in [0.05, 0.1) is 12.3 Å². The smallest absolute Gasteiger partial charge is 0.242 e. The van der Waals surface area contributed by atoms with Crippen molar-refractivity contribution >= 4 is 11.7 Å².